The molecule has 0 N–H and O–H groups in total. The maximum absolute atomic E-state index is 13.7. The predicted molar refractivity (Wildman–Crippen MR) is 115 cm³/mol. The molecule has 3 atom stereocenters. The third kappa shape index (κ3) is 4.20. The lowest BCUT2D eigenvalue weighted by Crippen LogP contribution is -2.59. The Morgan fingerprint density at radius 1 is 1.15 bits per heavy atom. The number of piperidine rings is 2. The number of fused-ring (bicyclic) bond motifs is 3. The molecule has 12 heteroatoms. The zero-order valence-electron chi connectivity index (χ0n) is 18.0. The average molecular weight is 493 g/mol. The molecule has 178 valence electrons. The molecular formula is C22H20ClF3N6O2. The number of aryl methyl sites for hydroxylation is 1. The highest BCUT2D eigenvalue weighted by Crippen LogP contribution is 2.40. The molecule has 0 spiro atoms. The van der Waals surface area contributed by atoms with Crippen molar-refractivity contribution in [3.05, 3.63) is 58.6 Å². The minimum atomic E-state index is -4.55. The molecule has 3 aliphatic rings. The molecule has 1 amide bonds. The van der Waals surface area contributed by atoms with Crippen LogP contribution in [0, 0.1) is 12.8 Å². The van der Waals surface area contributed by atoms with Crippen molar-refractivity contribution in [3.8, 4) is 11.7 Å². The minimum absolute atomic E-state index is 0.0710. The van der Waals surface area contributed by atoms with E-state index < -0.39 is 17.8 Å². The Morgan fingerprint density at radius 2 is 1.91 bits per heavy atom. The molecule has 5 heterocycles. The second-order valence-electron chi connectivity index (χ2n) is 8.57. The summed E-state index contributed by atoms with van der Waals surface area (Å²) in [5, 5.41) is 7.99. The fraction of sp³-hybridized carbons (Fsp3) is 0.409. The summed E-state index contributed by atoms with van der Waals surface area (Å²) in [7, 11) is 0. The van der Waals surface area contributed by atoms with E-state index >= 15 is 0 Å². The number of ether oxygens (including phenoxy) is 1. The second-order valence-corrected chi connectivity index (χ2v) is 8.98. The van der Waals surface area contributed by atoms with Gasteiger partial charge < -0.3 is 9.64 Å². The summed E-state index contributed by atoms with van der Waals surface area (Å²) in [5.41, 5.74) is 0.238. The first-order chi connectivity index (χ1) is 16.2. The SMILES string of the molecule is Cc1cnc(-n2nccn2)c(C(=O)N2C[C@@H]3CC[C@H]2[C@H](Oc2ncc(C(F)(F)F)cc2Cl)C3)c1. The van der Waals surface area contributed by atoms with Crippen LogP contribution in [0.2, 0.25) is 5.02 Å². The Balaban J connectivity index is 1.42. The quantitative estimate of drug-likeness (QED) is 0.545. The van der Waals surface area contributed by atoms with Crippen LogP contribution < -0.4 is 4.74 Å². The Labute approximate surface area is 197 Å². The van der Waals surface area contributed by atoms with Gasteiger partial charge in [0.05, 0.1) is 29.6 Å². The highest BCUT2D eigenvalue weighted by Gasteiger charge is 2.45. The van der Waals surface area contributed by atoms with E-state index in [2.05, 4.69) is 20.2 Å². The second kappa shape index (κ2) is 8.53. The Bertz CT molecular complexity index is 1220. The topological polar surface area (TPSA) is 86.0 Å². The smallest absolute Gasteiger partial charge is 0.417 e. The summed E-state index contributed by atoms with van der Waals surface area (Å²) in [5.74, 6) is 0.222. The number of amides is 1. The molecule has 1 aliphatic carbocycles. The minimum Gasteiger partial charge on any atom is -0.471 e. The molecule has 6 rings (SSSR count). The zero-order chi connectivity index (χ0) is 24.0. The van der Waals surface area contributed by atoms with E-state index in [1.807, 2.05) is 6.92 Å². The van der Waals surface area contributed by atoms with Crippen LogP contribution in [-0.2, 0) is 6.18 Å². The van der Waals surface area contributed by atoms with E-state index in [0.29, 0.717) is 37.0 Å². The van der Waals surface area contributed by atoms with Gasteiger partial charge >= 0.3 is 6.18 Å². The molecule has 0 unspecified atom stereocenters. The van der Waals surface area contributed by atoms with E-state index in [-0.39, 0.29) is 28.8 Å². The molecule has 8 nitrogen and oxygen atoms in total. The van der Waals surface area contributed by atoms with Gasteiger partial charge in [-0.25, -0.2) is 9.97 Å². The Kier molecular flexibility index (Phi) is 5.67. The lowest BCUT2D eigenvalue weighted by atomic mass is 9.77. The summed E-state index contributed by atoms with van der Waals surface area (Å²) in [6.45, 7) is 2.40. The Hall–Kier alpha value is -3.21. The molecule has 3 aromatic rings. The van der Waals surface area contributed by atoms with Gasteiger partial charge in [0.1, 0.15) is 11.1 Å². The number of carbonyl (C=O) groups is 1. The number of alkyl halides is 3. The summed E-state index contributed by atoms with van der Waals surface area (Å²) < 4.78 is 44.8. The molecule has 3 aromatic heterocycles. The lowest BCUT2D eigenvalue weighted by molar-refractivity contribution is -0.137. The van der Waals surface area contributed by atoms with Crippen molar-refractivity contribution in [1.82, 2.24) is 29.9 Å². The molecular weight excluding hydrogens is 473 g/mol. The average Bonchev–Trinajstić information content (AvgIpc) is 3.34. The van der Waals surface area contributed by atoms with Gasteiger partial charge in [0, 0.05) is 18.9 Å². The third-order valence-electron chi connectivity index (χ3n) is 6.22. The van der Waals surface area contributed by atoms with E-state index in [4.69, 9.17) is 16.3 Å². The fourth-order valence-electron chi connectivity index (χ4n) is 4.66. The number of nitrogens with zero attached hydrogens (tertiary/aromatic N) is 6. The summed E-state index contributed by atoms with van der Waals surface area (Å²) in [4.78, 5) is 24.9. The van der Waals surface area contributed by atoms with Gasteiger partial charge in [0.15, 0.2) is 5.82 Å². The molecule has 3 fully saturated rings. The van der Waals surface area contributed by atoms with Crippen LogP contribution in [0.15, 0.2) is 36.9 Å². The lowest BCUT2D eigenvalue weighted by Gasteiger charge is -2.49. The van der Waals surface area contributed by atoms with Crippen molar-refractivity contribution in [2.45, 2.75) is 44.5 Å². The van der Waals surface area contributed by atoms with Gasteiger partial charge in [0.25, 0.3) is 5.91 Å². The van der Waals surface area contributed by atoms with Crippen molar-refractivity contribution >= 4 is 17.5 Å². The van der Waals surface area contributed by atoms with Crippen molar-refractivity contribution in [1.29, 1.82) is 0 Å². The van der Waals surface area contributed by atoms with E-state index in [0.717, 1.165) is 18.1 Å². The van der Waals surface area contributed by atoms with Crippen LogP contribution in [0.3, 0.4) is 0 Å². The first kappa shape index (κ1) is 22.6. The van der Waals surface area contributed by atoms with Crippen LogP contribution >= 0.6 is 11.6 Å². The van der Waals surface area contributed by atoms with E-state index in [1.165, 1.54) is 17.2 Å². The molecule has 2 saturated heterocycles. The monoisotopic (exact) mass is 492 g/mol. The van der Waals surface area contributed by atoms with Crippen LogP contribution in [0.25, 0.3) is 5.82 Å². The van der Waals surface area contributed by atoms with Gasteiger partial charge in [-0.15, -0.1) is 4.80 Å². The molecule has 0 radical (unpaired) electrons. The van der Waals surface area contributed by atoms with Gasteiger partial charge in [-0.1, -0.05) is 11.6 Å². The zero-order valence-corrected chi connectivity index (χ0v) is 18.8. The first-order valence-electron chi connectivity index (χ1n) is 10.7. The predicted octanol–water partition coefficient (Wildman–Crippen LogP) is 4.11. The number of pyridine rings is 2. The summed E-state index contributed by atoms with van der Waals surface area (Å²) >= 11 is 6.05. The van der Waals surface area contributed by atoms with Crippen LogP contribution in [0.4, 0.5) is 13.2 Å². The molecule has 0 aromatic carbocycles. The number of halogens is 4. The molecule has 2 aliphatic heterocycles. The van der Waals surface area contributed by atoms with Gasteiger partial charge in [0.2, 0.25) is 5.88 Å². The maximum Gasteiger partial charge on any atom is 0.417 e. The van der Waals surface area contributed by atoms with Crippen LogP contribution in [0.5, 0.6) is 5.88 Å². The Morgan fingerprint density at radius 3 is 2.59 bits per heavy atom. The van der Waals surface area contributed by atoms with Crippen molar-refractivity contribution in [2.75, 3.05) is 6.54 Å². The summed E-state index contributed by atoms with van der Waals surface area (Å²) in [6, 6.07) is 2.27. The number of aromatic nitrogens is 5. The number of rotatable bonds is 4. The van der Waals surface area contributed by atoms with Gasteiger partial charge in [-0.05, 0) is 49.8 Å². The van der Waals surface area contributed by atoms with Crippen LogP contribution in [0.1, 0.15) is 40.7 Å². The largest absolute Gasteiger partial charge is 0.471 e. The molecule has 1 saturated carbocycles. The van der Waals surface area contributed by atoms with Crippen molar-refractivity contribution < 1.29 is 22.7 Å². The van der Waals surface area contributed by atoms with E-state index in [9.17, 15) is 18.0 Å². The van der Waals surface area contributed by atoms with Crippen molar-refractivity contribution in [2.24, 2.45) is 5.92 Å². The number of hydrogen-bond donors (Lipinski definition) is 0. The van der Waals surface area contributed by atoms with Gasteiger partial charge in [-0.2, -0.15) is 23.4 Å². The summed E-state index contributed by atoms with van der Waals surface area (Å²) in [6.07, 6.45) is 2.65. The molecule has 34 heavy (non-hydrogen) atoms. The maximum atomic E-state index is 13.7. The standard InChI is InChI=1S/C22H20ClF3N6O2/c1-12-6-15(19(27-9-12)32-29-4-5-30-32)21(33)31-11-13-2-3-17(31)18(7-13)34-20-16(23)8-14(10-28-20)22(24,25)26/h4-6,8-10,13,17-18H,2-3,7,11H2,1H3/t13-,17+,18-/m1/s1. The highest BCUT2D eigenvalue weighted by molar-refractivity contribution is 6.31. The first-order valence-corrected chi connectivity index (χ1v) is 11.1. The van der Waals surface area contributed by atoms with Crippen molar-refractivity contribution in [3.63, 3.8) is 0 Å². The normalized spacial score (nSPS) is 22.1. The number of carbonyl (C=O) groups excluding carboxylic acids is 1. The van der Waals surface area contributed by atoms with E-state index in [1.54, 1.807) is 17.2 Å². The third-order valence-corrected chi connectivity index (χ3v) is 6.49. The van der Waals surface area contributed by atoms with Gasteiger partial charge in [-0.3, -0.25) is 4.79 Å². The fourth-order valence-corrected chi connectivity index (χ4v) is 4.87. The number of hydrogen-bond acceptors (Lipinski definition) is 6. The van der Waals surface area contributed by atoms with Crippen LogP contribution in [-0.4, -0.2) is 54.5 Å². The molecule has 2 bridgehead atoms. The highest BCUT2D eigenvalue weighted by atomic mass is 35.5.